The lowest BCUT2D eigenvalue weighted by atomic mass is 9.88. The number of carbonyl (C=O) groups is 1. The van der Waals surface area contributed by atoms with Crippen LogP contribution in [0.15, 0.2) is 32.3 Å². The number of benzene rings is 1. The Morgan fingerprint density at radius 1 is 1.07 bits per heavy atom. The minimum atomic E-state index is -3.73. The summed E-state index contributed by atoms with van der Waals surface area (Å²) >= 11 is 0. The van der Waals surface area contributed by atoms with Crippen molar-refractivity contribution in [1.29, 1.82) is 0 Å². The lowest BCUT2D eigenvalue weighted by Crippen LogP contribution is -2.52. The van der Waals surface area contributed by atoms with E-state index in [9.17, 15) is 18.0 Å². The first-order chi connectivity index (χ1) is 14.3. The van der Waals surface area contributed by atoms with Crippen molar-refractivity contribution in [2.75, 3.05) is 26.2 Å². The van der Waals surface area contributed by atoms with Crippen molar-refractivity contribution < 1.29 is 17.6 Å². The minimum absolute atomic E-state index is 0.0871. The number of oxazole rings is 1. The summed E-state index contributed by atoms with van der Waals surface area (Å²) in [6, 6.07) is 4.47. The van der Waals surface area contributed by atoms with Crippen LogP contribution in [0.25, 0.3) is 11.1 Å². The monoisotopic (exact) mass is 435 g/mol. The molecule has 164 valence electrons. The Hall–Kier alpha value is -2.13. The van der Waals surface area contributed by atoms with Crippen molar-refractivity contribution in [2.24, 2.45) is 5.92 Å². The van der Waals surface area contributed by atoms with Gasteiger partial charge in [0.15, 0.2) is 5.58 Å². The van der Waals surface area contributed by atoms with E-state index < -0.39 is 15.8 Å². The first-order valence-electron chi connectivity index (χ1n) is 10.7. The number of rotatable bonds is 4. The molecule has 2 fully saturated rings. The Morgan fingerprint density at radius 2 is 1.73 bits per heavy atom. The predicted octanol–water partition coefficient (Wildman–Crippen LogP) is 2.59. The van der Waals surface area contributed by atoms with Gasteiger partial charge in [0, 0.05) is 44.2 Å². The fourth-order valence-electron chi connectivity index (χ4n) is 4.57. The van der Waals surface area contributed by atoms with Crippen LogP contribution in [-0.2, 0) is 14.8 Å². The standard InChI is InChI=1S/C21H29N3O5S/c1-15(2)24-18-9-8-17(14-19(18)29-21(24)26)30(27,28)23-12-10-22(11-13-23)20(25)16-6-4-3-5-7-16/h8-9,14-16H,3-7,10-13H2,1-2H3. The van der Waals surface area contributed by atoms with Crippen LogP contribution in [0.1, 0.15) is 52.0 Å². The van der Waals surface area contributed by atoms with Gasteiger partial charge in [-0.3, -0.25) is 9.36 Å². The van der Waals surface area contributed by atoms with E-state index >= 15 is 0 Å². The average Bonchev–Trinajstić information content (AvgIpc) is 3.09. The van der Waals surface area contributed by atoms with Gasteiger partial charge in [0.1, 0.15) is 0 Å². The first kappa shape index (κ1) is 21.1. The fraction of sp³-hybridized carbons (Fsp3) is 0.619. The van der Waals surface area contributed by atoms with Gasteiger partial charge in [-0.15, -0.1) is 0 Å². The molecule has 30 heavy (non-hydrogen) atoms. The number of carbonyl (C=O) groups excluding carboxylic acids is 1. The molecule has 1 saturated heterocycles. The van der Waals surface area contributed by atoms with Crippen molar-refractivity contribution >= 4 is 27.0 Å². The van der Waals surface area contributed by atoms with E-state index in [0.29, 0.717) is 18.6 Å². The molecule has 2 aliphatic rings. The lowest BCUT2D eigenvalue weighted by molar-refractivity contribution is -0.137. The molecule has 2 aromatic rings. The number of piperazine rings is 1. The summed E-state index contributed by atoms with van der Waals surface area (Å²) < 4.78 is 34.4. The zero-order valence-electron chi connectivity index (χ0n) is 17.5. The molecule has 0 unspecified atom stereocenters. The number of hydrogen-bond donors (Lipinski definition) is 0. The number of fused-ring (bicyclic) bond motifs is 1. The molecule has 1 saturated carbocycles. The van der Waals surface area contributed by atoms with E-state index in [2.05, 4.69) is 0 Å². The van der Waals surface area contributed by atoms with E-state index in [1.807, 2.05) is 18.7 Å². The van der Waals surface area contributed by atoms with Crippen molar-refractivity contribution in [1.82, 2.24) is 13.8 Å². The summed E-state index contributed by atoms with van der Waals surface area (Å²) in [5, 5.41) is 0. The largest absolute Gasteiger partial charge is 0.420 e. The second-order valence-corrected chi connectivity index (χ2v) is 10.5. The summed E-state index contributed by atoms with van der Waals surface area (Å²) in [5.74, 6) is -0.230. The molecule has 1 aliphatic heterocycles. The zero-order valence-corrected chi connectivity index (χ0v) is 18.4. The molecule has 0 N–H and O–H groups in total. The second kappa shape index (κ2) is 8.19. The molecule has 2 heterocycles. The predicted molar refractivity (Wildman–Crippen MR) is 113 cm³/mol. The smallest absolute Gasteiger partial charge is 0.408 e. The number of nitrogens with zero attached hydrogens (tertiary/aromatic N) is 3. The van der Waals surface area contributed by atoms with Crippen LogP contribution in [-0.4, -0.2) is 54.3 Å². The minimum Gasteiger partial charge on any atom is -0.408 e. The lowest BCUT2D eigenvalue weighted by Gasteiger charge is -2.36. The quantitative estimate of drug-likeness (QED) is 0.736. The molecular formula is C21H29N3O5S. The molecule has 1 amide bonds. The molecular weight excluding hydrogens is 406 g/mol. The molecule has 8 nitrogen and oxygen atoms in total. The van der Waals surface area contributed by atoms with Gasteiger partial charge in [-0.1, -0.05) is 19.3 Å². The molecule has 1 aromatic carbocycles. The van der Waals surface area contributed by atoms with Crippen molar-refractivity contribution in [3.63, 3.8) is 0 Å². The highest BCUT2D eigenvalue weighted by atomic mass is 32.2. The van der Waals surface area contributed by atoms with Crippen molar-refractivity contribution in [3.8, 4) is 0 Å². The molecule has 4 rings (SSSR count). The number of aromatic nitrogens is 1. The fourth-order valence-corrected chi connectivity index (χ4v) is 6.01. The van der Waals surface area contributed by atoms with Crippen LogP contribution in [0.5, 0.6) is 0 Å². The number of hydrogen-bond acceptors (Lipinski definition) is 5. The maximum atomic E-state index is 13.1. The average molecular weight is 436 g/mol. The van der Waals surface area contributed by atoms with E-state index in [1.54, 1.807) is 6.07 Å². The topological polar surface area (TPSA) is 92.8 Å². The molecule has 0 radical (unpaired) electrons. The van der Waals surface area contributed by atoms with Gasteiger partial charge in [0.05, 0.1) is 10.4 Å². The van der Waals surface area contributed by atoms with Crippen LogP contribution >= 0.6 is 0 Å². The van der Waals surface area contributed by atoms with Crippen LogP contribution in [0.2, 0.25) is 0 Å². The Bertz CT molecular complexity index is 1090. The van der Waals surface area contributed by atoms with E-state index in [1.165, 1.54) is 27.4 Å². The van der Waals surface area contributed by atoms with Crippen LogP contribution in [0, 0.1) is 5.92 Å². The highest BCUT2D eigenvalue weighted by Gasteiger charge is 2.33. The zero-order chi connectivity index (χ0) is 21.5. The molecule has 0 bridgehead atoms. The molecule has 9 heteroatoms. The maximum Gasteiger partial charge on any atom is 0.420 e. The summed E-state index contributed by atoms with van der Waals surface area (Å²) in [6.45, 7) is 5.11. The Balaban J connectivity index is 1.49. The van der Waals surface area contributed by atoms with E-state index in [0.717, 1.165) is 25.7 Å². The maximum absolute atomic E-state index is 13.1. The van der Waals surface area contributed by atoms with Gasteiger partial charge in [0.2, 0.25) is 15.9 Å². The van der Waals surface area contributed by atoms with Gasteiger partial charge in [-0.25, -0.2) is 13.2 Å². The third-order valence-electron chi connectivity index (χ3n) is 6.24. The summed E-state index contributed by atoms with van der Waals surface area (Å²) in [4.78, 5) is 26.7. The normalized spacial score (nSPS) is 19.6. The van der Waals surface area contributed by atoms with Crippen molar-refractivity contribution in [2.45, 2.75) is 56.9 Å². The summed E-state index contributed by atoms with van der Waals surface area (Å²) in [5.41, 5.74) is 0.845. The summed E-state index contributed by atoms with van der Waals surface area (Å²) in [7, 11) is -3.73. The van der Waals surface area contributed by atoms with Crippen molar-refractivity contribution in [3.05, 3.63) is 28.7 Å². The SMILES string of the molecule is CC(C)n1c(=O)oc2cc(S(=O)(=O)N3CCN(C(=O)C4CCCCC4)CC3)ccc21. The van der Waals surface area contributed by atoms with Crippen LogP contribution < -0.4 is 5.76 Å². The van der Waals surface area contributed by atoms with Gasteiger partial charge < -0.3 is 9.32 Å². The summed E-state index contributed by atoms with van der Waals surface area (Å²) in [6.07, 6.45) is 5.28. The molecule has 0 spiro atoms. The molecule has 0 atom stereocenters. The Labute approximate surface area is 176 Å². The molecule has 1 aliphatic carbocycles. The Kier molecular flexibility index (Phi) is 5.76. The van der Waals surface area contributed by atoms with Crippen LogP contribution in [0.4, 0.5) is 0 Å². The van der Waals surface area contributed by atoms with Crippen LogP contribution in [0.3, 0.4) is 0 Å². The Morgan fingerprint density at radius 3 is 2.37 bits per heavy atom. The molecule has 1 aromatic heterocycles. The second-order valence-electron chi connectivity index (χ2n) is 8.53. The van der Waals surface area contributed by atoms with Gasteiger partial charge in [0.25, 0.3) is 0 Å². The number of sulfonamides is 1. The number of amides is 1. The third kappa shape index (κ3) is 3.80. The van der Waals surface area contributed by atoms with Gasteiger partial charge in [-0.2, -0.15) is 4.31 Å². The van der Waals surface area contributed by atoms with Gasteiger partial charge >= 0.3 is 5.76 Å². The van der Waals surface area contributed by atoms with Gasteiger partial charge in [-0.05, 0) is 38.8 Å². The first-order valence-corrected chi connectivity index (χ1v) is 12.2. The van der Waals surface area contributed by atoms with E-state index in [-0.39, 0.29) is 41.4 Å². The highest BCUT2D eigenvalue weighted by Crippen LogP contribution is 2.27. The third-order valence-corrected chi connectivity index (χ3v) is 8.14. The van der Waals surface area contributed by atoms with E-state index in [4.69, 9.17) is 4.42 Å². The highest BCUT2D eigenvalue weighted by molar-refractivity contribution is 7.89.